The zero-order valence-corrected chi connectivity index (χ0v) is 13.8. The summed E-state index contributed by atoms with van der Waals surface area (Å²) < 4.78 is 10.9. The van der Waals surface area contributed by atoms with Crippen molar-refractivity contribution in [3.05, 3.63) is 53.5 Å². The molecule has 0 aliphatic heterocycles. The molecular formula is C19H20N2O4. The first-order valence-electron chi connectivity index (χ1n) is 8.33. The van der Waals surface area contributed by atoms with Crippen LogP contribution in [0.15, 0.2) is 41.0 Å². The number of furan rings is 1. The number of amides is 1. The van der Waals surface area contributed by atoms with Crippen LogP contribution in [0.5, 0.6) is 5.75 Å². The van der Waals surface area contributed by atoms with E-state index in [1.165, 1.54) is 6.26 Å². The summed E-state index contributed by atoms with van der Waals surface area (Å²) >= 11 is 0. The molecule has 6 heteroatoms. The highest BCUT2D eigenvalue weighted by molar-refractivity contribution is 5.92. The van der Waals surface area contributed by atoms with Crippen molar-refractivity contribution in [2.45, 2.75) is 32.0 Å². The Morgan fingerprint density at radius 3 is 3.04 bits per heavy atom. The first-order valence-corrected chi connectivity index (χ1v) is 8.33. The monoisotopic (exact) mass is 340 g/mol. The van der Waals surface area contributed by atoms with Crippen molar-refractivity contribution in [2.75, 3.05) is 6.54 Å². The van der Waals surface area contributed by atoms with E-state index in [0.717, 1.165) is 19.3 Å². The predicted molar refractivity (Wildman–Crippen MR) is 89.9 cm³/mol. The summed E-state index contributed by atoms with van der Waals surface area (Å²) in [6.07, 6.45) is 3.81. The standard InChI is InChI=1S/C19H20N2O4/c20-10-13-3-1-5-16(9-13)25-12-15-7-8-24-18(15)19(23)21-11-14-4-2-6-17(14)22/h1,3,5,7-9,14,17,22H,2,4,6,11-12H2,(H,21,23). The van der Waals surface area contributed by atoms with Crippen molar-refractivity contribution in [1.82, 2.24) is 5.32 Å². The Balaban J connectivity index is 1.58. The molecule has 1 fully saturated rings. The third kappa shape index (κ3) is 4.20. The van der Waals surface area contributed by atoms with Gasteiger partial charge in [-0.05, 0) is 37.1 Å². The number of nitrogens with zero attached hydrogens (tertiary/aromatic N) is 1. The first-order chi connectivity index (χ1) is 12.2. The van der Waals surface area contributed by atoms with E-state index in [2.05, 4.69) is 11.4 Å². The van der Waals surface area contributed by atoms with Crippen LogP contribution in [-0.4, -0.2) is 23.7 Å². The molecule has 1 aromatic heterocycles. The molecule has 2 aromatic rings. The zero-order valence-electron chi connectivity index (χ0n) is 13.8. The van der Waals surface area contributed by atoms with Gasteiger partial charge in [0, 0.05) is 18.0 Å². The Labute approximate surface area is 146 Å². The summed E-state index contributed by atoms with van der Waals surface area (Å²) in [6, 6.07) is 10.6. The maximum absolute atomic E-state index is 12.3. The molecule has 2 N–H and O–H groups in total. The number of hydrogen-bond acceptors (Lipinski definition) is 5. The molecule has 0 radical (unpaired) electrons. The number of ether oxygens (including phenoxy) is 1. The number of rotatable bonds is 6. The van der Waals surface area contributed by atoms with Gasteiger partial charge in [-0.1, -0.05) is 12.5 Å². The lowest BCUT2D eigenvalue weighted by Gasteiger charge is -2.14. The summed E-state index contributed by atoms with van der Waals surface area (Å²) in [4.78, 5) is 12.3. The summed E-state index contributed by atoms with van der Waals surface area (Å²) in [6.45, 7) is 0.603. The third-order valence-electron chi connectivity index (χ3n) is 4.45. The maximum atomic E-state index is 12.3. The third-order valence-corrected chi connectivity index (χ3v) is 4.45. The highest BCUT2D eigenvalue weighted by atomic mass is 16.5. The molecule has 0 bridgehead atoms. The average molecular weight is 340 g/mol. The number of benzene rings is 1. The lowest BCUT2D eigenvalue weighted by Crippen LogP contribution is -2.32. The molecule has 1 heterocycles. The molecule has 3 rings (SSSR count). The molecule has 1 amide bonds. The van der Waals surface area contributed by atoms with E-state index in [1.807, 2.05) is 0 Å². The van der Waals surface area contributed by atoms with Crippen molar-refractivity contribution in [3.8, 4) is 11.8 Å². The molecule has 2 unspecified atom stereocenters. The number of nitrogens with one attached hydrogen (secondary N) is 1. The van der Waals surface area contributed by atoms with Gasteiger partial charge in [0.05, 0.1) is 24.0 Å². The Morgan fingerprint density at radius 1 is 1.40 bits per heavy atom. The Morgan fingerprint density at radius 2 is 2.28 bits per heavy atom. The van der Waals surface area contributed by atoms with Gasteiger partial charge in [-0.2, -0.15) is 5.26 Å². The molecule has 0 spiro atoms. The molecule has 25 heavy (non-hydrogen) atoms. The first kappa shape index (κ1) is 17.1. The number of aliphatic hydroxyl groups excluding tert-OH is 1. The van der Waals surface area contributed by atoms with Gasteiger partial charge in [-0.15, -0.1) is 0 Å². The van der Waals surface area contributed by atoms with E-state index in [1.54, 1.807) is 30.3 Å². The average Bonchev–Trinajstić information content (AvgIpc) is 3.27. The lowest BCUT2D eigenvalue weighted by atomic mass is 10.1. The number of aliphatic hydroxyl groups is 1. The molecule has 130 valence electrons. The van der Waals surface area contributed by atoms with Crippen molar-refractivity contribution in [2.24, 2.45) is 5.92 Å². The van der Waals surface area contributed by atoms with Crippen molar-refractivity contribution in [1.29, 1.82) is 5.26 Å². The SMILES string of the molecule is N#Cc1cccc(OCc2ccoc2C(=O)NCC2CCCC2O)c1. The van der Waals surface area contributed by atoms with Crippen LogP contribution in [0, 0.1) is 17.2 Å². The van der Waals surface area contributed by atoms with Crippen LogP contribution in [0.4, 0.5) is 0 Å². The largest absolute Gasteiger partial charge is 0.489 e. The highest BCUT2D eigenvalue weighted by Crippen LogP contribution is 2.25. The van der Waals surface area contributed by atoms with Crippen LogP contribution in [0.1, 0.15) is 40.9 Å². The van der Waals surface area contributed by atoms with Crippen molar-refractivity contribution >= 4 is 5.91 Å². The lowest BCUT2D eigenvalue weighted by molar-refractivity contribution is 0.0887. The second kappa shape index (κ2) is 7.86. The van der Waals surface area contributed by atoms with Gasteiger partial charge in [-0.3, -0.25) is 4.79 Å². The van der Waals surface area contributed by atoms with Gasteiger partial charge in [0.2, 0.25) is 0 Å². The summed E-state index contributed by atoms with van der Waals surface area (Å²) in [5.41, 5.74) is 1.14. The molecule has 0 saturated heterocycles. The normalized spacial score (nSPS) is 19.4. The zero-order chi connectivity index (χ0) is 17.6. The predicted octanol–water partition coefficient (Wildman–Crippen LogP) is 2.62. The molecule has 1 saturated carbocycles. The number of carbonyl (C=O) groups is 1. The summed E-state index contributed by atoms with van der Waals surface area (Å²) in [5, 5.41) is 21.6. The van der Waals surface area contributed by atoms with Crippen LogP contribution in [0.25, 0.3) is 0 Å². The van der Waals surface area contributed by atoms with E-state index in [-0.39, 0.29) is 30.3 Å². The molecule has 1 aliphatic rings. The summed E-state index contributed by atoms with van der Waals surface area (Å²) in [5.74, 6) is 0.561. The van der Waals surface area contributed by atoms with Gasteiger partial charge >= 0.3 is 0 Å². The number of carbonyl (C=O) groups excluding carboxylic acids is 1. The Kier molecular flexibility index (Phi) is 5.36. The minimum absolute atomic E-state index is 0.104. The highest BCUT2D eigenvalue weighted by Gasteiger charge is 2.26. The molecular weight excluding hydrogens is 320 g/mol. The molecule has 1 aliphatic carbocycles. The van der Waals surface area contributed by atoms with Crippen LogP contribution >= 0.6 is 0 Å². The van der Waals surface area contributed by atoms with Gasteiger partial charge in [0.1, 0.15) is 12.4 Å². The van der Waals surface area contributed by atoms with E-state index in [0.29, 0.717) is 23.4 Å². The smallest absolute Gasteiger partial charge is 0.287 e. The topological polar surface area (TPSA) is 95.5 Å². The van der Waals surface area contributed by atoms with Crippen molar-refractivity contribution < 1.29 is 19.1 Å². The second-order valence-corrected chi connectivity index (χ2v) is 6.17. The molecule has 6 nitrogen and oxygen atoms in total. The summed E-state index contributed by atoms with van der Waals surface area (Å²) in [7, 11) is 0. The fourth-order valence-corrected chi connectivity index (χ4v) is 3.02. The van der Waals surface area contributed by atoms with Gasteiger partial charge in [0.25, 0.3) is 5.91 Å². The maximum Gasteiger partial charge on any atom is 0.287 e. The van der Waals surface area contributed by atoms with Crippen LogP contribution in [-0.2, 0) is 6.61 Å². The van der Waals surface area contributed by atoms with Gasteiger partial charge in [-0.25, -0.2) is 0 Å². The fraction of sp³-hybridized carbons (Fsp3) is 0.368. The minimum Gasteiger partial charge on any atom is -0.489 e. The van der Waals surface area contributed by atoms with E-state index in [9.17, 15) is 9.90 Å². The van der Waals surface area contributed by atoms with Gasteiger partial charge < -0.3 is 19.6 Å². The van der Waals surface area contributed by atoms with E-state index < -0.39 is 0 Å². The second-order valence-electron chi connectivity index (χ2n) is 6.17. The van der Waals surface area contributed by atoms with E-state index in [4.69, 9.17) is 14.4 Å². The minimum atomic E-state index is -0.341. The molecule has 1 aromatic carbocycles. The van der Waals surface area contributed by atoms with E-state index >= 15 is 0 Å². The quantitative estimate of drug-likeness (QED) is 0.843. The van der Waals surface area contributed by atoms with Crippen LogP contribution in [0.2, 0.25) is 0 Å². The fourth-order valence-electron chi connectivity index (χ4n) is 3.02. The number of hydrogen-bond donors (Lipinski definition) is 2. The molecule has 2 atom stereocenters. The Bertz CT molecular complexity index is 778. The van der Waals surface area contributed by atoms with Gasteiger partial charge in [0.15, 0.2) is 5.76 Å². The van der Waals surface area contributed by atoms with Crippen molar-refractivity contribution in [3.63, 3.8) is 0 Å². The number of nitriles is 1. The Hall–Kier alpha value is -2.78. The van der Waals surface area contributed by atoms with Crippen LogP contribution < -0.4 is 10.1 Å². The van der Waals surface area contributed by atoms with Crippen LogP contribution in [0.3, 0.4) is 0 Å².